The molecule has 1 aromatic heterocycles. The Hall–Kier alpha value is -1.45. The average Bonchev–Trinajstić information content (AvgIpc) is 2.87. The van der Waals surface area contributed by atoms with Gasteiger partial charge in [0.05, 0.1) is 13.2 Å². The molecule has 0 spiro atoms. The van der Waals surface area contributed by atoms with Gasteiger partial charge in [0, 0.05) is 20.1 Å². The lowest BCUT2D eigenvalue weighted by atomic mass is 10.1. The molecule has 8 nitrogen and oxygen atoms in total. The SMILES string of the molecule is CCC1(C)Nc2nc(N3CCOCC3)nn2C(=S)N(C)N1. The molecule has 1 saturated heterocycles. The predicted molar refractivity (Wildman–Crippen MR) is 84.3 cm³/mol. The third-order valence-corrected chi connectivity index (χ3v) is 4.31. The third-order valence-electron chi connectivity index (χ3n) is 3.87. The van der Waals surface area contributed by atoms with E-state index in [0.29, 0.717) is 30.2 Å². The maximum atomic E-state index is 5.48. The van der Waals surface area contributed by atoms with Crippen LogP contribution in [0.15, 0.2) is 0 Å². The van der Waals surface area contributed by atoms with Crippen LogP contribution in [0.3, 0.4) is 0 Å². The first kappa shape index (κ1) is 14.5. The van der Waals surface area contributed by atoms with E-state index in [1.165, 1.54) is 0 Å². The zero-order valence-corrected chi connectivity index (χ0v) is 13.4. The molecule has 2 aliphatic heterocycles. The molecule has 0 saturated carbocycles. The van der Waals surface area contributed by atoms with Crippen molar-refractivity contribution >= 4 is 29.2 Å². The van der Waals surface area contributed by atoms with Crippen molar-refractivity contribution in [3.63, 3.8) is 0 Å². The summed E-state index contributed by atoms with van der Waals surface area (Å²) in [6.45, 7) is 7.19. The summed E-state index contributed by atoms with van der Waals surface area (Å²) in [5.41, 5.74) is 3.02. The van der Waals surface area contributed by atoms with Crippen LogP contribution >= 0.6 is 12.2 Å². The Labute approximate surface area is 129 Å². The van der Waals surface area contributed by atoms with Gasteiger partial charge in [0.1, 0.15) is 5.66 Å². The molecule has 2 N–H and O–H groups in total. The van der Waals surface area contributed by atoms with Gasteiger partial charge in [-0.1, -0.05) is 6.92 Å². The van der Waals surface area contributed by atoms with Gasteiger partial charge in [-0.05, 0) is 25.6 Å². The first-order chi connectivity index (χ1) is 10.0. The summed E-state index contributed by atoms with van der Waals surface area (Å²) in [7, 11) is 1.89. The molecule has 2 aliphatic rings. The second kappa shape index (κ2) is 5.39. The van der Waals surface area contributed by atoms with Gasteiger partial charge in [-0.2, -0.15) is 9.67 Å². The highest BCUT2D eigenvalue weighted by Crippen LogP contribution is 2.22. The van der Waals surface area contributed by atoms with E-state index in [2.05, 4.69) is 39.6 Å². The van der Waals surface area contributed by atoms with Gasteiger partial charge in [0.25, 0.3) is 0 Å². The van der Waals surface area contributed by atoms with Gasteiger partial charge in [-0.3, -0.25) is 5.01 Å². The van der Waals surface area contributed by atoms with E-state index in [-0.39, 0.29) is 5.66 Å². The fraction of sp³-hybridized carbons (Fsp3) is 0.750. The number of anilines is 2. The van der Waals surface area contributed by atoms with Crippen molar-refractivity contribution < 1.29 is 4.74 Å². The lowest BCUT2D eigenvalue weighted by Crippen LogP contribution is -2.55. The smallest absolute Gasteiger partial charge is 0.247 e. The van der Waals surface area contributed by atoms with Crippen LogP contribution in [0.2, 0.25) is 0 Å². The van der Waals surface area contributed by atoms with Gasteiger partial charge >= 0.3 is 0 Å². The van der Waals surface area contributed by atoms with Gasteiger partial charge in [-0.25, -0.2) is 5.43 Å². The lowest BCUT2D eigenvalue weighted by molar-refractivity contribution is 0.122. The number of hydrazine groups is 1. The van der Waals surface area contributed by atoms with Crippen LogP contribution in [0.4, 0.5) is 11.9 Å². The van der Waals surface area contributed by atoms with Crippen molar-refractivity contribution in [2.24, 2.45) is 0 Å². The summed E-state index contributed by atoms with van der Waals surface area (Å²) in [5, 5.41) is 10.3. The second-order valence-electron chi connectivity index (χ2n) is 5.51. The quantitative estimate of drug-likeness (QED) is 0.753. The van der Waals surface area contributed by atoms with Crippen LogP contribution in [0, 0.1) is 0 Å². The molecule has 1 unspecified atom stereocenters. The van der Waals surface area contributed by atoms with Gasteiger partial charge < -0.3 is 15.0 Å². The van der Waals surface area contributed by atoms with Crippen LogP contribution in [0.5, 0.6) is 0 Å². The first-order valence-electron chi connectivity index (χ1n) is 7.16. The molecule has 0 bridgehead atoms. The number of hydrogen-bond donors (Lipinski definition) is 2. The number of nitrogens with one attached hydrogen (secondary N) is 2. The molecule has 0 aromatic carbocycles. The number of thiocarbonyl (C=S) groups is 1. The number of fused-ring (bicyclic) bond motifs is 1. The first-order valence-corrected chi connectivity index (χ1v) is 7.57. The zero-order chi connectivity index (χ0) is 15.0. The van der Waals surface area contributed by atoms with Gasteiger partial charge in [0.2, 0.25) is 17.0 Å². The Morgan fingerprint density at radius 1 is 1.38 bits per heavy atom. The molecule has 1 atom stereocenters. The minimum atomic E-state index is -0.317. The van der Waals surface area contributed by atoms with Crippen molar-refractivity contribution in [2.75, 3.05) is 43.6 Å². The van der Waals surface area contributed by atoms with Crippen molar-refractivity contribution in [3.05, 3.63) is 0 Å². The Bertz CT molecular complexity index is 542. The van der Waals surface area contributed by atoms with E-state index in [4.69, 9.17) is 17.0 Å². The maximum absolute atomic E-state index is 5.48. The Balaban J connectivity index is 1.94. The van der Waals surface area contributed by atoms with Crippen LogP contribution in [0.25, 0.3) is 0 Å². The molecule has 3 rings (SSSR count). The number of hydrogen-bond acceptors (Lipinski definition) is 7. The minimum absolute atomic E-state index is 0.317. The monoisotopic (exact) mass is 311 g/mol. The summed E-state index contributed by atoms with van der Waals surface area (Å²) in [5.74, 6) is 1.36. The molecule has 116 valence electrons. The summed E-state index contributed by atoms with van der Waals surface area (Å²) in [6, 6.07) is 0. The van der Waals surface area contributed by atoms with Gasteiger partial charge in [0.15, 0.2) is 0 Å². The van der Waals surface area contributed by atoms with E-state index in [1.807, 2.05) is 7.05 Å². The van der Waals surface area contributed by atoms with E-state index in [9.17, 15) is 0 Å². The van der Waals surface area contributed by atoms with Crippen molar-refractivity contribution in [3.8, 4) is 0 Å². The number of ether oxygens (including phenoxy) is 1. The molecule has 0 amide bonds. The topological polar surface area (TPSA) is 70.5 Å². The number of nitrogens with zero attached hydrogens (tertiary/aromatic N) is 5. The molecule has 21 heavy (non-hydrogen) atoms. The highest BCUT2D eigenvalue weighted by atomic mass is 32.1. The van der Waals surface area contributed by atoms with E-state index in [1.54, 1.807) is 9.69 Å². The highest BCUT2D eigenvalue weighted by molar-refractivity contribution is 7.80. The lowest BCUT2D eigenvalue weighted by Gasteiger charge is -2.32. The summed E-state index contributed by atoms with van der Waals surface area (Å²) in [4.78, 5) is 6.74. The Morgan fingerprint density at radius 3 is 2.76 bits per heavy atom. The molecule has 0 radical (unpaired) electrons. The summed E-state index contributed by atoms with van der Waals surface area (Å²) in [6.07, 6.45) is 0.875. The van der Waals surface area contributed by atoms with E-state index >= 15 is 0 Å². The number of aromatic nitrogens is 3. The van der Waals surface area contributed by atoms with E-state index in [0.717, 1.165) is 19.5 Å². The Kier molecular flexibility index (Phi) is 3.72. The predicted octanol–water partition coefficient (Wildman–Crippen LogP) is 0.236. The van der Waals surface area contributed by atoms with Crippen LogP contribution in [-0.4, -0.2) is 63.9 Å². The maximum Gasteiger partial charge on any atom is 0.247 e. The zero-order valence-electron chi connectivity index (χ0n) is 12.6. The molecular formula is C12H21N7OS. The largest absolute Gasteiger partial charge is 0.378 e. The van der Waals surface area contributed by atoms with Crippen LogP contribution in [-0.2, 0) is 4.74 Å². The number of rotatable bonds is 2. The highest BCUT2D eigenvalue weighted by Gasteiger charge is 2.32. The van der Waals surface area contributed by atoms with Crippen LogP contribution < -0.4 is 15.6 Å². The normalized spacial score (nSPS) is 26.3. The third kappa shape index (κ3) is 2.68. The fourth-order valence-electron chi connectivity index (χ4n) is 2.42. The van der Waals surface area contributed by atoms with E-state index < -0.39 is 0 Å². The molecule has 1 aromatic rings. The minimum Gasteiger partial charge on any atom is -0.378 e. The molecule has 1 fully saturated rings. The fourth-order valence-corrected chi connectivity index (χ4v) is 2.59. The van der Waals surface area contributed by atoms with Crippen LogP contribution in [0.1, 0.15) is 20.3 Å². The second-order valence-corrected chi connectivity index (χ2v) is 5.88. The summed E-state index contributed by atoms with van der Waals surface area (Å²) < 4.78 is 7.04. The molecule has 9 heteroatoms. The number of morpholine rings is 1. The van der Waals surface area contributed by atoms with Gasteiger partial charge in [-0.15, -0.1) is 5.10 Å². The Morgan fingerprint density at radius 2 is 2.10 bits per heavy atom. The van der Waals surface area contributed by atoms with Crippen molar-refractivity contribution in [2.45, 2.75) is 25.9 Å². The van der Waals surface area contributed by atoms with Crippen molar-refractivity contribution in [1.29, 1.82) is 0 Å². The molecule has 0 aliphatic carbocycles. The molecular weight excluding hydrogens is 290 g/mol. The summed E-state index contributed by atoms with van der Waals surface area (Å²) >= 11 is 5.48. The average molecular weight is 311 g/mol. The van der Waals surface area contributed by atoms with Crippen molar-refractivity contribution in [1.82, 2.24) is 25.2 Å². The standard InChI is InChI=1S/C12H21N7OS/c1-4-12(2)14-9-13-10(18-5-7-20-8-6-18)15-19(9)11(21)17(3)16-12/h16H,4-8H2,1-3H3,(H,13,14,15). The molecule has 3 heterocycles.